The Morgan fingerprint density at radius 1 is 1.24 bits per heavy atom. The second kappa shape index (κ2) is 7.67. The lowest BCUT2D eigenvalue weighted by atomic mass is 10.2. The van der Waals surface area contributed by atoms with Gasteiger partial charge in [0.05, 0.1) is 11.4 Å². The Balaban J connectivity index is 1.62. The SMILES string of the molecule is CCn1c(SCC(=O)Nc2ccc(F)cc2F)nc2c(oc3ccccc32)c1=O. The number of amides is 1. The standard InChI is InChI=1S/C20H15F2N3O3S/c1-2-25-19(27)18-17(12-5-3-4-6-15(12)28-18)24-20(25)29-10-16(26)23-14-8-7-11(21)9-13(14)22/h3-9H,2,10H2,1H3,(H,23,26). The summed E-state index contributed by atoms with van der Waals surface area (Å²) in [5.74, 6) is -2.20. The largest absolute Gasteiger partial charge is 0.448 e. The summed E-state index contributed by atoms with van der Waals surface area (Å²) >= 11 is 1.05. The van der Waals surface area contributed by atoms with E-state index in [9.17, 15) is 18.4 Å². The number of halogens is 2. The highest BCUT2D eigenvalue weighted by molar-refractivity contribution is 7.99. The summed E-state index contributed by atoms with van der Waals surface area (Å²) in [4.78, 5) is 29.5. The van der Waals surface area contributed by atoms with Crippen LogP contribution < -0.4 is 10.9 Å². The molecule has 0 spiro atoms. The number of nitrogens with one attached hydrogen (secondary N) is 1. The van der Waals surface area contributed by atoms with Gasteiger partial charge in [-0.1, -0.05) is 23.9 Å². The summed E-state index contributed by atoms with van der Waals surface area (Å²) < 4.78 is 33.8. The molecule has 4 aromatic rings. The Morgan fingerprint density at radius 2 is 2.03 bits per heavy atom. The molecule has 1 amide bonds. The normalized spacial score (nSPS) is 11.3. The van der Waals surface area contributed by atoms with E-state index >= 15 is 0 Å². The summed E-state index contributed by atoms with van der Waals surface area (Å²) in [7, 11) is 0. The van der Waals surface area contributed by atoms with Crippen molar-refractivity contribution < 1.29 is 18.0 Å². The van der Waals surface area contributed by atoms with Crippen molar-refractivity contribution >= 4 is 45.4 Å². The Bertz CT molecular complexity index is 1300. The quantitative estimate of drug-likeness (QED) is 0.391. The van der Waals surface area contributed by atoms with Crippen molar-refractivity contribution in [2.45, 2.75) is 18.6 Å². The van der Waals surface area contributed by atoms with Gasteiger partial charge in [-0.2, -0.15) is 0 Å². The van der Waals surface area contributed by atoms with Crippen LogP contribution in [0.1, 0.15) is 6.92 Å². The summed E-state index contributed by atoms with van der Waals surface area (Å²) in [5, 5.41) is 3.45. The van der Waals surface area contributed by atoms with Crippen LogP contribution in [0.4, 0.5) is 14.5 Å². The zero-order chi connectivity index (χ0) is 20.5. The number of anilines is 1. The number of fused-ring (bicyclic) bond motifs is 3. The molecule has 0 aliphatic heterocycles. The molecule has 0 fully saturated rings. The minimum Gasteiger partial charge on any atom is -0.448 e. The fourth-order valence-corrected chi connectivity index (χ4v) is 3.81. The number of aromatic nitrogens is 2. The minimum absolute atomic E-state index is 0.107. The van der Waals surface area contributed by atoms with E-state index in [1.54, 1.807) is 19.1 Å². The molecule has 0 saturated carbocycles. The maximum atomic E-state index is 13.7. The van der Waals surface area contributed by atoms with E-state index in [4.69, 9.17) is 4.42 Å². The molecule has 0 aliphatic rings. The molecule has 1 N–H and O–H groups in total. The van der Waals surface area contributed by atoms with Crippen LogP contribution in [0.2, 0.25) is 0 Å². The van der Waals surface area contributed by atoms with Gasteiger partial charge in [0.2, 0.25) is 11.5 Å². The van der Waals surface area contributed by atoms with Crippen molar-refractivity contribution in [2.24, 2.45) is 0 Å². The zero-order valence-corrected chi connectivity index (χ0v) is 16.1. The molecule has 148 valence electrons. The van der Waals surface area contributed by atoms with Crippen LogP contribution in [0.15, 0.2) is 56.8 Å². The van der Waals surface area contributed by atoms with Crippen LogP contribution >= 0.6 is 11.8 Å². The number of rotatable bonds is 5. The van der Waals surface area contributed by atoms with E-state index in [0.29, 0.717) is 34.3 Å². The number of carbonyl (C=O) groups excluding carboxylic acids is 1. The molecule has 2 aromatic heterocycles. The molecular formula is C20H15F2N3O3S. The Morgan fingerprint density at radius 3 is 2.79 bits per heavy atom. The van der Waals surface area contributed by atoms with Gasteiger partial charge < -0.3 is 9.73 Å². The van der Waals surface area contributed by atoms with Gasteiger partial charge >= 0.3 is 0 Å². The van der Waals surface area contributed by atoms with Crippen LogP contribution in [-0.4, -0.2) is 21.2 Å². The fraction of sp³-hybridized carbons (Fsp3) is 0.150. The number of benzene rings is 2. The Hall–Kier alpha value is -3.20. The zero-order valence-electron chi connectivity index (χ0n) is 15.2. The van der Waals surface area contributed by atoms with Crippen LogP contribution in [0.25, 0.3) is 22.1 Å². The highest BCUT2D eigenvalue weighted by Gasteiger charge is 2.18. The van der Waals surface area contributed by atoms with E-state index in [-0.39, 0.29) is 22.6 Å². The first-order valence-corrected chi connectivity index (χ1v) is 9.76. The second-order valence-electron chi connectivity index (χ2n) is 6.18. The predicted molar refractivity (Wildman–Crippen MR) is 107 cm³/mol. The van der Waals surface area contributed by atoms with Gasteiger partial charge in [0.25, 0.3) is 5.56 Å². The van der Waals surface area contributed by atoms with Crippen LogP contribution in [0.5, 0.6) is 0 Å². The maximum Gasteiger partial charge on any atom is 0.297 e. The third-order valence-electron chi connectivity index (χ3n) is 4.30. The van der Waals surface area contributed by atoms with Gasteiger partial charge in [-0.3, -0.25) is 14.2 Å². The van der Waals surface area contributed by atoms with Gasteiger partial charge in [-0.25, -0.2) is 13.8 Å². The van der Waals surface area contributed by atoms with Gasteiger partial charge in [0.15, 0.2) is 5.16 Å². The van der Waals surface area contributed by atoms with Crippen molar-refractivity contribution in [1.29, 1.82) is 0 Å². The smallest absolute Gasteiger partial charge is 0.297 e. The molecule has 0 atom stereocenters. The van der Waals surface area contributed by atoms with E-state index in [0.717, 1.165) is 23.9 Å². The summed E-state index contributed by atoms with van der Waals surface area (Å²) in [5.41, 5.74) is 0.703. The molecule has 6 nitrogen and oxygen atoms in total. The topological polar surface area (TPSA) is 77.1 Å². The predicted octanol–water partition coefficient (Wildman–Crippen LogP) is 4.17. The van der Waals surface area contributed by atoms with Crippen molar-refractivity contribution in [2.75, 3.05) is 11.1 Å². The average molecular weight is 415 g/mol. The molecule has 0 saturated heterocycles. The van der Waals surface area contributed by atoms with Crippen LogP contribution in [0, 0.1) is 11.6 Å². The molecule has 0 bridgehead atoms. The minimum atomic E-state index is -0.863. The van der Waals surface area contributed by atoms with E-state index in [1.165, 1.54) is 4.57 Å². The number of thioether (sulfide) groups is 1. The van der Waals surface area contributed by atoms with Gasteiger partial charge in [-0.05, 0) is 31.2 Å². The van der Waals surface area contributed by atoms with Gasteiger partial charge in [-0.15, -0.1) is 0 Å². The first-order valence-electron chi connectivity index (χ1n) is 8.77. The van der Waals surface area contributed by atoms with Crippen molar-refractivity contribution in [3.05, 3.63) is 64.5 Å². The average Bonchev–Trinajstić information content (AvgIpc) is 3.08. The lowest BCUT2D eigenvalue weighted by Crippen LogP contribution is -2.23. The summed E-state index contributed by atoms with van der Waals surface area (Å²) in [6, 6.07) is 10.1. The third kappa shape index (κ3) is 3.61. The molecular weight excluding hydrogens is 400 g/mol. The molecule has 0 aliphatic carbocycles. The molecule has 0 unspecified atom stereocenters. The molecule has 4 rings (SSSR count). The lowest BCUT2D eigenvalue weighted by molar-refractivity contribution is -0.113. The highest BCUT2D eigenvalue weighted by atomic mass is 32.2. The number of hydrogen-bond donors (Lipinski definition) is 1. The first-order chi connectivity index (χ1) is 14.0. The Labute approximate surface area is 167 Å². The third-order valence-corrected chi connectivity index (χ3v) is 5.28. The maximum absolute atomic E-state index is 13.7. The van der Waals surface area contributed by atoms with E-state index in [2.05, 4.69) is 10.3 Å². The van der Waals surface area contributed by atoms with Crippen molar-refractivity contribution in [3.63, 3.8) is 0 Å². The van der Waals surface area contributed by atoms with Crippen LogP contribution in [-0.2, 0) is 11.3 Å². The van der Waals surface area contributed by atoms with E-state index in [1.807, 2.05) is 12.1 Å². The lowest BCUT2D eigenvalue weighted by Gasteiger charge is -2.10. The number of carbonyl (C=O) groups is 1. The van der Waals surface area contributed by atoms with Crippen LogP contribution in [0.3, 0.4) is 0 Å². The first kappa shape index (κ1) is 19.1. The number of furan rings is 1. The molecule has 29 heavy (non-hydrogen) atoms. The summed E-state index contributed by atoms with van der Waals surface area (Å²) in [6.45, 7) is 2.13. The Kier molecular flexibility index (Phi) is 5.06. The highest BCUT2D eigenvalue weighted by Crippen LogP contribution is 2.27. The number of nitrogens with zero attached hydrogens (tertiary/aromatic N) is 2. The number of para-hydroxylation sites is 1. The molecule has 0 radical (unpaired) electrons. The van der Waals surface area contributed by atoms with Crippen molar-refractivity contribution in [1.82, 2.24) is 9.55 Å². The molecule has 9 heteroatoms. The van der Waals surface area contributed by atoms with Gasteiger partial charge in [0, 0.05) is 18.0 Å². The fourth-order valence-electron chi connectivity index (χ4n) is 2.95. The van der Waals surface area contributed by atoms with E-state index < -0.39 is 17.5 Å². The monoisotopic (exact) mass is 415 g/mol. The molecule has 2 heterocycles. The summed E-state index contributed by atoms with van der Waals surface area (Å²) in [6.07, 6.45) is 0. The second-order valence-corrected chi connectivity index (χ2v) is 7.12. The van der Waals surface area contributed by atoms with Crippen molar-refractivity contribution in [3.8, 4) is 0 Å². The van der Waals surface area contributed by atoms with Gasteiger partial charge in [0.1, 0.15) is 22.7 Å². The number of hydrogen-bond acceptors (Lipinski definition) is 5. The molecule has 2 aromatic carbocycles.